The number of aryl methyl sites for hydroxylation is 1. The van der Waals surface area contributed by atoms with Crippen molar-refractivity contribution < 1.29 is 24.3 Å². The Hall–Kier alpha value is -2.18. The summed E-state index contributed by atoms with van der Waals surface area (Å²) >= 11 is 2.98. The Morgan fingerprint density at radius 2 is 1.57 bits per heavy atom. The first kappa shape index (κ1) is 39.8. The predicted molar refractivity (Wildman–Crippen MR) is 180 cm³/mol. The third kappa shape index (κ3) is 14.3. The summed E-state index contributed by atoms with van der Waals surface area (Å²) in [6.07, 6.45) is 2.60. The zero-order valence-corrected chi connectivity index (χ0v) is 30.0. The molecule has 0 saturated heterocycles. The quantitative estimate of drug-likeness (QED) is 0.144. The van der Waals surface area contributed by atoms with Crippen molar-refractivity contribution in [2.24, 2.45) is 29.6 Å². The molecule has 44 heavy (non-hydrogen) atoms. The minimum atomic E-state index is -1.00. The fourth-order valence-electron chi connectivity index (χ4n) is 4.75. The summed E-state index contributed by atoms with van der Waals surface area (Å²) in [5, 5.41) is 25.7. The predicted octanol–water partition coefficient (Wildman–Crippen LogP) is 3.70. The average Bonchev–Trinajstić information content (AvgIpc) is 3.36. The van der Waals surface area contributed by atoms with Crippen molar-refractivity contribution in [3.05, 3.63) is 16.1 Å². The van der Waals surface area contributed by atoms with Crippen LogP contribution in [0.4, 0.5) is 0 Å². The molecule has 1 heterocycles. The molecule has 6 atom stereocenters. The van der Waals surface area contributed by atoms with Gasteiger partial charge >= 0.3 is 0 Å². The molecule has 0 radical (unpaired) electrons. The number of aromatic nitrogens is 1. The van der Waals surface area contributed by atoms with Gasteiger partial charge in [0, 0.05) is 41.6 Å². The van der Waals surface area contributed by atoms with Crippen LogP contribution in [-0.2, 0) is 25.6 Å². The minimum absolute atomic E-state index is 0.104. The van der Waals surface area contributed by atoms with Crippen LogP contribution in [-0.4, -0.2) is 76.5 Å². The SMILES string of the molecule is CC[C@@H](Cc1nc(C)cs1)C(=O)N[C@@H](CSC)C(=O)N[C@H](CC(C)C)[C@@H](O)C[C@@H](C)C(=O)N[C@@H](C(=O)NCC(C)C)C(C)C. The van der Waals surface area contributed by atoms with Crippen LogP contribution in [0.3, 0.4) is 0 Å². The van der Waals surface area contributed by atoms with E-state index in [0.29, 0.717) is 31.6 Å². The fourth-order valence-corrected chi connectivity index (χ4v) is 6.17. The zero-order chi connectivity index (χ0) is 33.6. The van der Waals surface area contributed by atoms with Gasteiger partial charge in [-0.25, -0.2) is 4.98 Å². The van der Waals surface area contributed by atoms with Gasteiger partial charge < -0.3 is 26.4 Å². The molecule has 0 aromatic carbocycles. The van der Waals surface area contributed by atoms with E-state index < -0.39 is 30.1 Å². The normalized spacial score (nSPS) is 15.8. The number of rotatable bonds is 20. The molecule has 0 unspecified atom stereocenters. The molecule has 0 saturated carbocycles. The van der Waals surface area contributed by atoms with Gasteiger partial charge in [-0.1, -0.05) is 55.4 Å². The highest BCUT2D eigenvalue weighted by molar-refractivity contribution is 7.98. The summed E-state index contributed by atoms with van der Waals surface area (Å²) in [7, 11) is 0. The van der Waals surface area contributed by atoms with E-state index in [1.165, 1.54) is 23.1 Å². The third-order valence-corrected chi connectivity index (χ3v) is 9.06. The number of thioether (sulfide) groups is 1. The van der Waals surface area contributed by atoms with Gasteiger partial charge in [0.1, 0.15) is 12.1 Å². The molecule has 1 aromatic heterocycles. The minimum Gasteiger partial charge on any atom is -0.391 e. The maximum absolute atomic E-state index is 13.5. The number of amides is 4. The number of aliphatic hydroxyl groups is 1. The van der Waals surface area contributed by atoms with Gasteiger partial charge in [0.05, 0.1) is 17.2 Å². The molecule has 10 nitrogen and oxygen atoms in total. The summed E-state index contributed by atoms with van der Waals surface area (Å²) in [4.78, 5) is 57.0. The summed E-state index contributed by atoms with van der Waals surface area (Å²) in [5.41, 5.74) is 0.924. The highest BCUT2D eigenvalue weighted by atomic mass is 32.2. The highest BCUT2D eigenvalue weighted by Crippen LogP contribution is 2.19. The van der Waals surface area contributed by atoms with Gasteiger partial charge in [-0.15, -0.1) is 11.3 Å². The molecule has 0 aliphatic heterocycles. The summed E-state index contributed by atoms with van der Waals surface area (Å²) in [5.74, 6) is -1.31. The lowest BCUT2D eigenvalue weighted by molar-refractivity contribution is -0.133. The van der Waals surface area contributed by atoms with E-state index in [0.717, 1.165) is 10.7 Å². The van der Waals surface area contributed by atoms with Crippen molar-refractivity contribution in [2.75, 3.05) is 18.6 Å². The van der Waals surface area contributed by atoms with Crippen molar-refractivity contribution >= 4 is 46.7 Å². The molecule has 0 bridgehead atoms. The van der Waals surface area contributed by atoms with Crippen molar-refractivity contribution in [2.45, 2.75) is 112 Å². The second-order valence-corrected chi connectivity index (χ2v) is 14.9. The van der Waals surface area contributed by atoms with E-state index in [2.05, 4.69) is 26.3 Å². The summed E-state index contributed by atoms with van der Waals surface area (Å²) in [6, 6.07) is -2.08. The topological polar surface area (TPSA) is 150 Å². The molecule has 0 spiro atoms. The second-order valence-electron chi connectivity index (χ2n) is 13.0. The summed E-state index contributed by atoms with van der Waals surface area (Å²) < 4.78 is 0. The fraction of sp³-hybridized carbons (Fsp3) is 0.781. The molecule has 12 heteroatoms. The molecule has 5 N–H and O–H groups in total. The van der Waals surface area contributed by atoms with Crippen molar-refractivity contribution in [1.82, 2.24) is 26.3 Å². The average molecular weight is 656 g/mol. The van der Waals surface area contributed by atoms with Gasteiger partial charge in [-0.05, 0) is 50.2 Å². The lowest BCUT2D eigenvalue weighted by Crippen LogP contribution is -2.55. The standard InChI is InChI=1S/C32H57N5O5S2/c1-11-23(14-27-34-22(9)16-44-27)30(40)36-25(17-43-10)31(41)35-24(12-18(2)3)26(38)13-21(8)29(39)37-28(20(6)7)32(42)33-15-19(4)5/h16,18-21,23-26,28,38H,11-15,17H2,1-10H3,(H,33,42)(H,35,41)(H,36,40)(H,37,39)/t21-,23+,24-,25+,26+,28-/m1/s1. The number of carbonyl (C=O) groups is 4. The van der Waals surface area contributed by atoms with Crippen LogP contribution in [0.2, 0.25) is 0 Å². The molecular weight excluding hydrogens is 599 g/mol. The Bertz CT molecular complexity index is 1050. The van der Waals surface area contributed by atoms with Gasteiger partial charge in [0.25, 0.3) is 0 Å². The molecule has 252 valence electrons. The lowest BCUT2D eigenvalue weighted by atomic mass is 9.91. The van der Waals surface area contributed by atoms with Crippen LogP contribution in [0.15, 0.2) is 5.38 Å². The van der Waals surface area contributed by atoms with Gasteiger partial charge in [0.15, 0.2) is 0 Å². The lowest BCUT2D eigenvalue weighted by Gasteiger charge is -2.30. The van der Waals surface area contributed by atoms with E-state index in [-0.39, 0.29) is 53.7 Å². The third-order valence-electron chi connectivity index (χ3n) is 7.41. The van der Waals surface area contributed by atoms with Crippen LogP contribution in [0.1, 0.15) is 85.4 Å². The largest absolute Gasteiger partial charge is 0.391 e. The maximum atomic E-state index is 13.5. The van der Waals surface area contributed by atoms with Crippen molar-refractivity contribution in [3.63, 3.8) is 0 Å². The number of thiazole rings is 1. The van der Waals surface area contributed by atoms with Gasteiger partial charge in [0.2, 0.25) is 23.6 Å². The molecule has 0 fully saturated rings. The first-order valence-electron chi connectivity index (χ1n) is 15.9. The maximum Gasteiger partial charge on any atom is 0.243 e. The Kier molecular flexibility index (Phi) is 18.2. The molecular formula is C32H57N5O5S2. The van der Waals surface area contributed by atoms with E-state index in [1.54, 1.807) is 6.92 Å². The number of aliphatic hydroxyl groups excluding tert-OH is 1. The Labute approximate surface area is 273 Å². The molecule has 0 aliphatic rings. The number of hydrogen-bond donors (Lipinski definition) is 5. The zero-order valence-electron chi connectivity index (χ0n) is 28.4. The van der Waals surface area contributed by atoms with Crippen LogP contribution in [0.5, 0.6) is 0 Å². The number of hydrogen-bond acceptors (Lipinski definition) is 8. The van der Waals surface area contributed by atoms with Gasteiger partial charge in [-0.3, -0.25) is 19.2 Å². The first-order valence-corrected chi connectivity index (χ1v) is 18.1. The van der Waals surface area contributed by atoms with E-state index in [4.69, 9.17) is 0 Å². The number of nitrogens with one attached hydrogen (secondary N) is 4. The number of carbonyl (C=O) groups excluding carboxylic acids is 4. The molecule has 0 aliphatic carbocycles. The Balaban J connectivity index is 2.92. The van der Waals surface area contributed by atoms with Crippen LogP contribution in [0.25, 0.3) is 0 Å². The van der Waals surface area contributed by atoms with Crippen LogP contribution >= 0.6 is 23.1 Å². The van der Waals surface area contributed by atoms with E-state index >= 15 is 0 Å². The molecule has 4 amide bonds. The Morgan fingerprint density at radius 3 is 2.07 bits per heavy atom. The number of nitrogens with zero attached hydrogens (tertiary/aromatic N) is 1. The second kappa shape index (κ2) is 20.0. The van der Waals surface area contributed by atoms with E-state index in [1.807, 2.05) is 67.0 Å². The molecule has 1 aromatic rings. The van der Waals surface area contributed by atoms with Crippen molar-refractivity contribution in [1.29, 1.82) is 0 Å². The monoisotopic (exact) mass is 655 g/mol. The van der Waals surface area contributed by atoms with Crippen LogP contribution < -0.4 is 21.3 Å². The smallest absolute Gasteiger partial charge is 0.243 e. The first-order chi connectivity index (χ1) is 20.6. The van der Waals surface area contributed by atoms with Gasteiger partial charge in [-0.2, -0.15) is 11.8 Å². The Morgan fingerprint density at radius 1 is 0.909 bits per heavy atom. The molecule has 1 rings (SSSR count). The van der Waals surface area contributed by atoms with Crippen LogP contribution in [0, 0.1) is 36.5 Å². The highest BCUT2D eigenvalue weighted by Gasteiger charge is 2.32. The van der Waals surface area contributed by atoms with E-state index in [9.17, 15) is 24.3 Å². The van der Waals surface area contributed by atoms with Crippen molar-refractivity contribution in [3.8, 4) is 0 Å². The summed E-state index contributed by atoms with van der Waals surface area (Å²) in [6.45, 7) is 17.9.